The Hall–Kier alpha value is -3.78. The molecule has 0 spiro atoms. The van der Waals surface area contributed by atoms with E-state index < -0.39 is 12.0 Å². The molecule has 0 N–H and O–H groups in total. The van der Waals surface area contributed by atoms with Gasteiger partial charge in [-0.15, -0.1) is 0 Å². The second kappa shape index (κ2) is 14.0. The van der Waals surface area contributed by atoms with Crippen molar-refractivity contribution in [3.8, 4) is 11.8 Å². The molecule has 5 heteroatoms. The number of hydrogen-bond acceptors (Lipinski definition) is 5. The van der Waals surface area contributed by atoms with Gasteiger partial charge in [0.15, 0.2) is 0 Å². The number of cyclic esters (lactones) is 1. The summed E-state index contributed by atoms with van der Waals surface area (Å²) in [5.74, 6) is 6.72. The quantitative estimate of drug-likeness (QED) is 0.142. The third kappa shape index (κ3) is 8.11. The van der Waals surface area contributed by atoms with Crippen LogP contribution in [0.15, 0.2) is 64.6 Å². The standard InChI is InChI=1S/C35H40O5/c1-5-7-26(8-6-2)15-17-29-21-32(40-35(29)37)23-38-34(36)25(4)19-31-22-30-20-28(16-18-33(30)39-31)14-13-27-11-9-24(3)10-12-27/h9-12,16-18,20,22,25-26,32H,5-8,15,19,21,23H2,1-4H3/b29-17+. The van der Waals surface area contributed by atoms with Crippen molar-refractivity contribution < 1.29 is 23.5 Å². The molecule has 1 aliphatic heterocycles. The van der Waals surface area contributed by atoms with Gasteiger partial charge >= 0.3 is 11.9 Å². The van der Waals surface area contributed by atoms with Crippen molar-refractivity contribution in [3.05, 3.63) is 82.6 Å². The number of fused-ring (bicyclic) bond motifs is 1. The molecule has 5 nitrogen and oxygen atoms in total. The lowest BCUT2D eigenvalue weighted by Crippen LogP contribution is -2.23. The maximum absolute atomic E-state index is 12.7. The van der Waals surface area contributed by atoms with Crippen molar-refractivity contribution in [1.29, 1.82) is 0 Å². The van der Waals surface area contributed by atoms with Crippen LogP contribution in [0.1, 0.15) is 81.7 Å². The second-order valence-electron chi connectivity index (χ2n) is 11.0. The highest BCUT2D eigenvalue weighted by atomic mass is 16.6. The van der Waals surface area contributed by atoms with Gasteiger partial charge in [0.25, 0.3) is 0 Å². The van der Waals surface area contributed by atoms with Gasteiger partial charge in [0, 0.05) is 34.9 Å². The molecule has 2 aromatic carbocycles. The smallest absolute Gasteiger partial charge is 0.334 e. The van der Waals surface area contributed by atoms with Gasteiger partial charge in [0.1, 0.15) is 24.1 Å². The van der Waals surface area contributed by atoms with Crippen LogP contribution in [0.25, 0.3) is 11.0 Å². The highest BCUT2D eigenvalue weighted by Gasteiger charge is 2.30. The fourth-order valence-corrected chi connectivity index (χ4v) is 5.12. The van der Waals surface area contributed by atoms with Gasteiger partial charge in [-0.2, -0.15) is 0 Å². The number of allylic oxidation sites excluding steroid dienone is 1. The Morgan fingerprint density at radius 3 is 2.48 bits per heavy atom. The van der Waals surface area contributed by atoms with Crippen molar-refractivity contribution in [1.82, 2.24) is 0 Å². The number of furan rings is 1. The van der Waals surface area contributed by atoms with Crippen LogP contribution in [0.4, 0.5) is 0 Å². The molecular weight excluding hydrogens is 500 g/mol. The molecule has 1 aromatic heterocycles. The summed E-state index contributed by atoms with van der Waals surface area (Å²) in [6, 6.07) is 15.9. The van der Waals surface area contributed by atoms with Crippen LogP contribution < -0.4 is 0 Å². The van der Waals surface area contributed by atoms with Crippen LogP contribution in [0.5, 0.6) is 0 Å². The summed E-state index contributed by atoms with van der Waals surface area (Å²) < 4.78 is 17.0. The molecule has 2 heterocycles. The second-order valence-corrected chi connectivity index (χ2v) is 11.0. The average molecular weight is 541 g/mol. The number of aryl methyl sites for hydroxylation is 1. The highest BCUT2D eigenvalue weighted by Crippen LogP contribution is 2.26. The van der Waals surface area contributed by atoms with E-state index in [2.05, 4.69) is 32.6 Å². The normalized spacial score (nSPS) is 16.7. The van der Waals surface area contributed by atoms with Gasteiger partial charge in [-0.3, -0.25) is 4.79 Å². The van der Waals surface area contributed by atoms with E-state index in [1.807, 2.05) is 61.5 Å². The van der Waals surface area contributed by atoms with Crippen molar-refractivity contribution in [2.75, 3.05) is 6.61 Å². The van der Waals surface area contributed by atoms with Gasteiger partial charge in [0.05, 0.1) is 5.92 Å². The van der Waals surface area contributed by atoms with Gasteiger partial charge in [-0.25, -0.2) is 4.79 Å². The van der Waals surface area contributed by atoms with Crippen molar-refractivity contribution in [3.63, 3.8) is 0 Å². The SMILES string of the molecule is CCCC(C/C=C1\CC(COC(=O)C(C)Cc2cc3cc(C#Cc4ccc(C)cc4)ccc3o2)OC1=O)CCC. The van der Waals surface area contributed by atoms with Crippen LogP contribution in [0.2, 0.25) is 0 Å². The van der Waals surface area contributed by atoms with E-state index in [1.54, 1.807) is 0 Å². The maximum Gasteiger partial charge on any atom is 0.334 e. The van der Waals surface area contributed by atoms with E-state index in [-0.39, 0.29) is 18.5 Å². The molecule has 210 valence electrons. The first-order valence-corrected chi connectivity index (χ1v) is 14.5. The zero-order chi connectivity index (χ0) is 28.5. The number of carbonyl (C=O) groups is 2. The summed E-state index contributed by atoms with van der Waals surface area (Å²) in [7, 11) is 0. The molecule has 2 atom stereocenters. The van der Waals surface area contributed by atoms with Crippen molar-refractivity contribution >= 4 is 22.9 Å². The summed E-state index contributed by atoms with van der Waals surface area (Å²) in [5.41, 5.74) is 4.54. The van der Waals surface area contributed by atoms with E-state index in [1.165, 1.54) is 18.4 Å². The molecule has 0 amide bonds. The molecule has 0 saturated carbocycles. The molecule has 40 heavy (non-hydrogen) atoms. The van der Waals surface area contributed by atoms with E-state index in [0.29, 0.717) is 30.1 Å². The van der Waals surface area contributed by atoms with Crippen LogP contribution >= 0.6 is 0 Å². The molecule has 4 rings (SSSR count). The van der Waals surface area contributed by atoms with E-state index >= 15 is 0 Å². The third-order valence-electron chi connectivity index (χ3n) is 7.37. The Labute approximate surface area is 237 Å². The largest absolute Gasteiger partial charge is 0.462 e. The third-order valence-corrected chi connectivity index (χ3v) is 7.37. The monoisotopic (exact) mass is 540 g/mol. The fourth-order valence-electron chi connectivity index (χ4n) is 5.12. The fraction of sp³-hybridized carbons (Fsp3) is 0.429. The zero-order valence-corrected chi connectivity index (χ0v) is 24.1. The van der Waals surface area contributed by atoms with Crippen LogP contribution in [0.3, 0.4) is 0 Å². The van der Waals surface area contributed by atoms with Gasteiger partial charge in [0.2, 0.25) is 0 Å². The molecule has 0 radical (unpaired) electrons. The number of ether oxygens (including phenoxy) is 2. The van der Waals surface area contributed by atoms with Crippen LogP contribution in [0, 0.1) is 30.6 Å². The minimum atomic E-state index is -0.420. The summed E-state index contributed by atoms with van der Waals surface area (Å²) in [6.07, 6.45) is 8.04. The lowest BCUT2D eigenvalue weighted by Gasteiger charge is -2.13. The van der Waals surface area contributed by atoms with E-state index in [4.69, 9.17) is 13.9 Å². The molecule has 3 aromatic rings. The van der Waals surface area contributed by atoms with Gasteiger partial charge < -0.3 is 13.9 Å². The molecule has 1 fully saturated rings. The predicted octanol–water partition coefficient (Wildman–Crippen LogP) is 7.71. The Balaban J connectivity index is 1.28. The molecular formula is C35H40O5. The number of esters is 2. The summed E-state index contributed by atoms with van der Waals surface area (Å²) >= 11 is 0. The zero-order valence-electron chi connectivity index (χ0n) is 24.1. The number of rotatable bonds is 11. The summed E-state index contributed by atoms with van der Waals surface area (Å²) in [6.45, 7) is 8.34. The summed E-state index contributed by atoms with van der Waals surface area (Å²) in [5, 5.41) is 0.948. The predicted molar refractivity (Wildman–Crippen MR) is 158 cm³/mol. The minimum absolute atomic E-state index is 0.0722. The Morgan fingerprint density at radius 2 is 1.75 bits per heavy atom. The Bertz CT molecular complexity index is 1390. The lowest BCUT2D eigenvalue weighted by atomic mass is 9.93. The number of carbonyl (C=O) groups excluding carboxylic acids is 2. The maximum atomic E-state index is 12.7. The van der Waals surface area contributed by atoms with Crippen molar-refractivity contribution in [2.45, 2.75) is 78.7 Å². The van der Waals surface area contributed by atoms with Crippen LogP contribution in [-0.2, 0) is 25.5 Å². The first-order valence-electron chi connectivity index (χ1n) is 14.5. The molecule has 0 aliphatic carbocycles. The lowest BCUT2D eigenvalue weighted by molar-refractivity contribution is -0.155. The summed E-state index contributed by atoms with van der Waals surface area (Å²) in [4.78, 5) is 25.0. The van der Waals surface area contributed by atoms with E-state index in [0.717, 1.165) is 41.4 Å². The Kier molecular flexibility index (Phi) is 10.2. The highest BCUT2D eigenvalue weighted by molar-refractivity contribution is 5.90. The average Bonchev–Trinajstić information content (AvgIpc) is 3.51. The van der Waals surface area contributed by atoms with Crippen molar-refractivity contribution in [2.24, 2.45) is 11.8 Å². The molecule has 1 aliphatic rings. The Morgan fingerprint density at radius 1 is 1.05 bits per heavy atom. The van der Waals surface area contributed by atoms with Crippen LogP contribution in [-0.4, -0.2) is 24.6 Å². The molecule has 1 saturated heterocycles. The number of benzene rings is 2. The molecule has 0 bridgehead atoms. The van der Waals surface area contributed by atoms with Gasteiger partial charge in [-0.05, 0) is 55.7 Å². The number of hydrogen-bond donors (Lipinski definition) is 0. The first kappa shape index (κ1) is 29.2. The minimum Gasteiger partial charge on any atom is -0.462 e. The van der Waals surface area contributed by atoms with E-state index in [9.17, 15) is 9.59 Å². The topological polar surface area (TPSA) is 65.7 Å². The van der Waals surface area contributed by atoms with Gasteiger partial charge in [-0.1, -0.05) is 82.1 Å². The first-order chi connectivity index (χ1) is 19.3. The molecule has 2 unspecified atom stereocenters.